The van der Waals surface area contributed by atoms with Gasteiger partial charge in [-0.25, -0.2) is 0 Å². The maximum Gasteiger partial charge on any atom is 0.133 e. The van der Waals surface area contributed by atoms with Crippen LogP contribution < -0.4 is 0 Å². The molecule has 0 saturated heterocycles. The summed E-state index contributed by atoms with van der Waals surface area (Å²) >= 11 is 11.0. The summed E-state index contributed by atoms with van der Waals surface area (Å²) in [6.45, 7) is 2.22. The van der Waals surface area contributed by atoms with Crippen molar-refractivity contribution in [2.45, 2.75) is 69.2 Å². The lowest BCUT2D eigenvalue weighted by Crippen LogP contribution is -2.14. The molecule has 0 aliphatic heterocycles. The first-order chi connectivity index (χ1) is 6.68. The van der Waals surface area contributed by atoms with Crippen LogP contribution in [0.4, 0.5) is 0 Å². The maximum atomic E-state index is 9.30. The summed E-state index contributed by atoms with van der Waals surface area (Å²) in [6.07, 6.45) is 8.95. The summed E-state index contributed by atoms with van der Waals surface area (Å²) < 4.78 is 0. The van der Waals surface area contributed by atoms with Gasteiger partial charge in [0.25, 0.3) is 0 Å². The SMILES string of the molecule is CCCCCCCCCC(O)C(Cl)Cl. The number of rotatable bonds is 9. The van der Waals surface area contributed by atoms with Gasteiger partial charge in [-0.15, -0.1) is 23.2 Å². The van der Waals surface area contributed by atoms with E-state index < -0.39 is 10.9 Å². The van der Waals surface area contributed by atoms with Crippen LogP contribution >= 0.6 is 23.2 Å². The van der Waals surface area contributed by atoms with Crippen molar-refractivity contribution in [2.24, 2.45) is 0 Å². The molecular formula is C11H22Cl2O. The summed E-state index contributed by atoms with van der Waals surface area (Å²) in [5.74, 6) is 0. The average Bonchev–Trinajstić information content (AvgIpc) is 2.16. The van der Waals surface area contributed by atoms with Gasteiger partial charge in [0.15, 0.2) is 0 Å². The minimum Gasteiger partial charge on any atom is -0.390 e. The molecule has 0 saturated carbocycles. The third kappa shape index (κ3) is 9.11. The van der Waals surface area contributed by atoms with Gasteiger partial charge < -0.3 is 5.11 Å². The molecule has 0 spiro atoms. The van der Waals surface area contributed by atoms with E-state index in [2.05, 4.69) is 6.92 Å². The highest BCUT2D eigenvalue weighted by Crippen LogP contribution is 2.15. The summed E-state index contributed by atoms with van der Waals surface area (Å²) in [5.41, 5.74) is 0. The molecular weight excluding hydrogens is 219 g/mol. The highest BCUT2D eigenvalue weighted by atomic mass is 35.5. The zero-order chi connectivity index (χ0) is 10.8. The van der Waals surface area contributed by atoms with E-state index in [1.165, 1.54) is 38.5 Å². The molecule has 0 aliphatic rings. The highest BCUT2D eigenvalue weighted by Gasteiger charge is 2.11. The third-order valence-electron chi connectivity index (χ3n) is 2.39. The normalized spacial score (nSPS) is 13.5. The standard InChI is InChI=1S/C11H22Cl2O/c1-2-3-4-5-6-7-8-9-10(14)11(12)13/h10-11,14H,2-9H2,1H3. The van der Waals surface area contributed by atoms with Crippen LogP contribution in [0.2, 0.25) is 0 Å². The van der Waals surface area contributed by atoms with E-state index >= 15 is 0 Å². The molecule has 86 valence electrons. The summed E-state index contributed by atoms with van der Waals surface area (Å²) in [5, 5.41) is 9.30. The Balaban J connectivity index is 3.06. The van der Waals surface area contributed by atoms with Crippen LogP contribution in [0.3, 0.4) is 0 Å². The molecule has 14 heavy (non-hydrogen) atoms. The van der Waals surface area contributed by atoms with Gasteiger partial charge in [-0.2, -0.15) is 0 Å². The molecule has 0 aliphatic carbocycles. The number of alkyl halides is 2. The summed E-state index contributed by atoms with van der Waals surface area (Å²) in [4.78, 5) is -0.630. The van der Waals surface area contributed by atoms with Crippen molar-refractivity contribution in [1.29, 1.82) is 0 Å². The van der Waals surface area contributed by atoms with E-state index in [-0.39, 0.29) is 0 Å². The van der Waals surface area contributed by atoms with E-state index in [1.807, 2.05) is 0 Å². The van der Waals surface area contributed by atoms with Crippen LogP contribution in [0.25, 0.3) is 0 Å². The van der Waals surface area contributed by atoms with Crippen molar-refractivity contribution < 1.29 is 5.11 Å². The lowest BCUT2D eigenvalue weighted by Gasteiger charge is -2.10. The van der Waals surface area contributed by atoms with Gasteiger partial charge in [0.1, 0.15) is 4.84 Å². The molecule has 3 heteroatoms. The first-order valence-corrected chi connectivity index (χ1v) is 6.52. The van der Waals surface area contributed by atoms with Gasteiger partial charge in [-0.1, -0.05) is 51.9 Å². The van der Waals surface area contributed by atoms with E-state index in [1.54, 1.807) is 0 Å². The number of aliphatic hydroxyl groups excluding tert-OH is 1. The summed E-state index contributed by atoms with van der Waals surface area (Å²) in [6, 6.07) is 0. The van der Waals surface area contributed by atoms with Crippen LogP contribution in [-0.2, 0) is 0 Å². The Morgan fingerprint density at radius 2 is 1.43 bits per heavy atom. The molecule has 0 rings (SSSR count). The minimum absolute atomic E-state index is 0.547. The average molecular weight is 241 g/mol. The van der Waals surface area contributed by atoms with E-state index in [4.69, 9.17) is 23.2 Å². The molecule has 0 radical (unpaired) electrons. The lowest BCUT2D eigenvalue weighted by molar-refractivity contribution is 0.174. The van der Waals surface area contributed by atoms with Crippen LogP contribution in [0.5, 0.6) is 0 Å². The predicted molar refractivity (Wildman–Crippen MR) is 64.1 cm³/mol. The van der Waals surface area contributed by atoms with Crippen LogP contribution in [0.1, 0.15) is 58.3 Å². The third-order valence-corrected chi connectivity index (χ3v) is 2.98. The molecule has 1 atom stereocenters. The molecule has 1 N–H and O–H groups in total. The fourth-order valence-electron chi connectivity index (χ4n) is 1.44. The van der Waals surface area contributed by atoms with Gasteiger partial charge in [0, 0.05) is 0 Å². The van der Waals surface area contributed by atoms with Gasteiger partial charge in [-0.05, 0) is 6.42 Å². The molecule has 0 amide bonds. The summed E-state index contributed by atoms with van der Waals surface area (Å²) in [7, 11) is 0. The molecule has 0 aromatic heterocycles. The number of hydrogen-bond acceptors (Lipinski definition) is 1. The van der Waals surface area contributed by atoms with Crippen LogP contribution in [-0.4, -0.2) is 16.0 Å². The van der Waals surface area contributed by atoms with Crippen molar-refractivity contribution in [3.05, 3.63) is 0 Å². The quantitative estimate of drug-likeness (QED) is 0.471. The first-order valence-electron chi connectivity index (χ1n) is 5.64. The molecule has 0 heterocycles. The second-order valence-corrected chi connectivity index (χ2v) is 4.98. The monoisotopic (exact) mass is 240 g/mol. The molecule has 0 bridgehead atoms. The lowest BCUT2D eigenvalue weighted by atomic mass is 10.1. The number of halogens is 2. The van der Waals surface area contributed by atoms with Crippen molar-refractivity contribution >= 4 is 23.2 Å². The Morgan fingerprint density at radius 3 is 1.93 bits per heavy atom. The number of hydrogen-bond donors (Lipinski definition) is 1. The van der Waals surface area contributed by atoms with Gasteiger partial charge in [-0.3, -0.25) is 0 Å². The molecule has 0 aromatic rings. The van der Waals surface area contributed by atoms with Crippen molar-refractivity contribution in [1.82, 2.24) is 0 Å². The number of aliphatic hydroxyl groups is 1. The van der Waals surface area contributed by atoms with E-state index in [0.29, 0.717) is 0 Å². The van der Waals surface area contributed by atoms with Gasteiger partial charge >= 0.3 is 0 Å². The number of unbranched alkanes of at least 4 members (excludes halogenated alkanes) is 6. The Labute approximate surface area is 97.8 Å². The van der Waals surface area contributed by atoms with Crippen LogP contribution in [0.15, 0.2) is 0 Å². The largest absolute Gasteiger partial charge is 0.390 e. The predicted octanol–water partition coefficient (Wildman–Crippen LogP) is 4.29. The molecule has 0 aromatic carbocycles. The molecule has 0 fully saturated rings. The van der Waals surface area contributed by atoms with Crippen molar-refractivity contribution in [3.63, 3.8) is 0 Å². The molecule has 1 unspecified atom stereocenters. The second kappa shape index (κ2) is 10.1. The Bertz CT molecular complexity index is 118. The fraction of sp³-hybridized carbons (Fsp3) is 1.00. The van der Waals surface area contributed by atoms with Crippen molar-refractivity contribution in [3.8, 4) is 0 Å². The second-order valence-electron chi connectivity index (χ2n) is 3.81. The fourth-order valence-corrected chi connectivity index (χ4v) is 1.69. The van der Waals surface area contributed by atoms with Crippen LogP contribution in [0, 0.1) is 0 Å². The highest BCUT2D eigenvalue weighted by molar-refractivity contribution is 6.44. The maximum absolute atomic E-state index is 9.30. The topological polar surface area (TPSA) is 20.2 Å². The minimum atomic E-state index is -0.630. The first kappa shape index (κ1) is 14.5. The van der Waals surface area contributed by atoms with Gasteiger partial charge in [0.05, 0.1) is 6.10 Å². The van der Waals surface area contributed by atoms with Crippen molar-refractivity contribution in [2.75, 3.05) is 0 Å². The van der Waals surface area contributed by atoms with Gasteiger partial charge in [0.2, 0.25) is 0 Å². The zero-order valence-electron chi connectivity index (χ0n) is 9.01. The Kier molecular flexibility index (Phi) is 10.5. The Hall–Kier alpha value is 0.540. The molecule has 1 nitrogen and oxygen atoms in total. The zero-order valence-corrected chi connectivity index (χ0v) is 10.5. The Morgan fingerprint density at radius 1 is 0.929 bits per heavy atom. The van der Waals surface area contributed by atoms with E-state index in [9.17, 15) is 5.11 Å². The smallest absolute Gasteiger partial charge is 0.133 e. The van der Waals surface area contributed by atoms with E-state index in [0.717, 1.165) is 12.8 Å².